The van der Waals surface area contributed by atoms with E-state index < -0.39 is 0 Å². The maximum absolute atomic E-state index is 5.63. The molecule has 2 heterocycles. The molecule has 1 aromatic carbocycles. The molecular weight excluding hydrogens is 362 g/mol. The van der Waals surface area contributed by atoms with E-state index >= 15 is 0 Å². The summed E-state index contributed by atoms with van der Waals surface area (Å²) in [6.45, 7) is 7.03. The van der Waals surface area contributed by atoms with Crippen LogP contribution in [-0.2, 0) is 6.54 Å². The third-order valence-corrected chi connectivity index (χ3v) is 5.69. The molecule has 4 rings (SSSR count). The van der Waals surface area contributed by atoms with Crippen LogP contribution in [-0.4, -0.2) is 66.1 Å². The van der Waals surface area contributed by atoms with Crippen LogP contribution in [0.1, 0.15) is 36.3 Å². The van der Waals surface area contributed by atoms with E-state index in [1.54, 1.807) is 0 Å². The zero-order valence-corrected chi connectivity index (χ0v) is 17.4. The average Bonchev–Trinajstić information content (AvgIpc) is 3.56. The van der Waals surface area contributed by atoms with Crippen molar-refractivity contribution in [1.29, 1.82) is 0 Å². The molecule has 0 unspecified atom stereocenters. The summed E-state index contributed by atoms with van der Waals surface area (Å²) in [4.78, 5) is 14.2. The van der Waals surface area contributed by atoms with Gasteiger partial charge in [-0.3, -0.25) is 4.90 Å². The first-order valence-electron chi connectivity index (χ1n) is 10.8. The Morgan fingerprint density at radius 1 is 1.17 bits per heavy atom. The summed E-state index contributed by atoms with van der Waals surface area (Å²) >= 11 is 0. The van der Waals surface area contributed by atoms with Crippen molar-refractivity contribution in [2.24, 2.45) is 5.73 Å². The lowest BCUT2D eigenvalue weighted by molar-refractivity contribution is 0.148. The number of aromatic nitrogens is 2. The molecule has 1 saturated heterocycles. The number of hydrogen-bond donors (Lipinski definition) is 3. The van der Waals surface area contributed by atoms with Crippen LogP contribution in [0.25, 0.3) is 0 Å². The average molecular weight is 396 g/mol. The Bertz CT molecular complexity index is 797. The number of nitrogens with two attached hydrogens (primary N) is 1. The molecule has 29 heavy (non-hydrogen) atoms. The van der Waals surface area contributed by atoms with Crippen LogP contribution in [0.2, 0.25) is 0 Å². The number of piperazine rings is 1. The van der Waals surface area contributed by atoms with Gasteiger partial charge in [-0.15, -0.1) is 0 Å². The number of hydrogen-bond acceptors (Lipinski definition) is 7. The van der Waals surface area contributed by atoms with Crippen LogP contribution in [0.3, 0.4) is 0 Å². The Hall–Kier alpha value is -2.22. The summed E-state index contributed by atoms with van der Waals surface area (Å²) in [6, 6.07) is 8.58. The van der Waals surface area contributed by atoms with E-state index in [1.165, 1.54) is 24.0 Å². The SMILES string of the molecule is CN1CCN(Cc2cccc(Nc3ncc(C4CC4)c(NCCCN)n3)c2)CC1. The van der Waals surface area contributed by atoms with E-state index in [4.69, 9.17) is 10.7 Å². The van der Waals surface area contributed by atoms with Gasteiger partial charge >= 0.3 is 0 Å². The third kappa shape index (κ3) is 5.65. The Kier molecular flexibility index (Phi) is 6.59. The van der Waals surface area contributed by atoms with E-state index in [9.17, 15) is 0 Å². The van der Waals surface area contributed by atoms with Gasteiger partial charge < -0.3 is 21.3 Å². The summed E-state index contributed by atoms with van der Waals surface area (Å²) in [5, 5.41) is 6.84. The van der Waals surface area contributed by atoms with Crippen LogP contribution in [0.15, 0.2) is 30.5 Å². The molecule has 4 N–H and O–H groups in total. The molecule has 0 atom stereocenters. The van der Waals surface area contributed by atoms with Crippen LogP contribution < -0.4 is 16.4 Å². The van der Waals surface area contributed by atoms with Crippen molar-refractivity contribution in [1.82, 2.24) is 19.8 Å². The minimum Gasteiger partial charge on any atom is -0.370 e. The van der Waals surface area contributed by atoms with Crippen LogP contribution in [0.4, 0.5) is 17.5 Å². The van der Waals surface area contributed by atoms with Gasteiger partial charge in [-0.25, -0.2) is 4.98 Å². The first-order valence-corrected chi connectivity index (χ1v) is 10.8. The molecule has 0 amide bonds. The number of nitrogens with zero attached hydrogens (tertiary/aromatic N) is 4. The van der Waals surface area contributed by atoms with Crippen molar-refractivity contribution in [3.63, 3.8) is 0 Å². The van der Waals surface area contributed by atoms with E-state index in [0.717, 1.165) is 57.2 Å². The maximum Gasteiger partial charge on any atom is 0.229 e. The second-order valence-electron chi connectivity index (χ2n) is 8.25. The Morgan fingerprint density at radius 3 is 2.76 bits per heavy atom. The molecule has 1 aliphatic heterocycles. The molecule has 156 valence electrons. The molecular formula is C22H33N7. The van der Waals surface area contributed by atoms with Crippen molar-refractivity contribution >= 4 is 17.5 Å². The maximum atomic E-state index is 5.63. The summed E-state index contributed by atoms with van der Waals surface area (Å²) in [5.74, 6) is 2.20. The van der Waals surface area contributed by atoms with Gasteiger partial charge in [-0.1, -0.05) is 12.1 Å². The number of benzene rings is 1. The monoisotopic (exact) mass is 395 g/mol. The van der Waals surface area contributed by atoms with Gasteiger partial charge in [0.25, 0.3) is 0 Å². The zero-order valence-electron chi connectivity index (χ0n) is 17.4. The quantitative estimate of drug-likeness (QED) is 0.563. The van der Waals surface area contributed by atoms with Gasteiger partial charge in [-0.2, -0.15) is 4.98 Å². The molecule has 2 aromatic rings. The number of likely N-dealkylation sites (N-methyl/N-ethyl adjacent to an activating group) is 1. The molecule has 7 heteroatoms. The lowest BCUT2D eigenvalue weighted by Gasteiger charge is -2.32. The number of nitrogens with one attached hydrogen (secondary N) is 2. The molecule has 7 nitrogen and oxygen atoms in total. The molecule has 1 aliphatic carbocycles. The molecule has 2 aliphatic rings. The van der Waals surface area contributed by atoms with Crippen molar-refractivity contribution < 1.29 is 0 Å². The fraction of sp³-hybridized carbons (Fsp3) is 0.545. The first kappa shape index (κ1) is 20.1. The molecule has 1 saturated carbocycles. The molecule has 0 spiro atoms. The predicted molar refractivity (Wildman–Crippen MR) is 119 cm³/mol. The Labute approximate surface area is 173 Å². The van der Waals surface area contributed by atoms with E-state index in [2.05, 4.69) is 56.7 Å². The highest BCUT2D eigenvalue weighted by atomic mass is 15.2. The Balaban J connectivity index is 1.42. The van der Waals surface area contributed by atoms with E-state index in [1.807, 2.05) is 6.20 Å². The second kappa shape index (κ2) is 9.52. The highest BCUT2D eigenvalue weighted by Gasteiger charge is 2.27. The number of anilines is 3. The number of rotatable bonds is 9. The summed E-state index contributed by atoms with van der Waals surface area (Å²) < 4.78 is 0. The smallest absolute Gasteiger partial charge is 0.229 e. The van der Waals surface area contributed by atoms with Crippen molar-refractivity contribution in [2.45, 2.75) is 31.7 Å². The fourth-order valence-corrected chi connectivity index (χ4v) is 3.74. The standard InChI is InChI=1S/C22H33N7/c1-28-10-12-29(13-11-28)16-17-4-2-5-19(14-17)26-22-25-15-20(18-6-7-18)21(27-22)24-9-3-8-23/h2,4-5,14-15,18H,3,6-13,16,23H2,1H3,(H2,24,25,26,27). The predicted octanol–water partition coefficient (Wildman–Crippen LogP) is 2.61. The largest absolute Gasteiger partial charge is 0.370 e. The van der Waals surface area contributed by atoms with Crippen molar-refractivity contribution in [2.75, 3.05) is 56.9 Å². The minimum absolute atomic E-state index is 0.608. The molecule has 0 bridgehead atoms. The van der Waals surface area contributed by atoms with Crippen molar-refractivity contribution in [3.8, 4) is 0 Å². The van der Waals surface area contributed by atoms with Crippen LogP contribution >= 0.6 is 0 Å². The Morgan fingerprint density at radius 2 is 2.00 bits per heavy atom. The van der Waals surface area contributed by atoms with Gasteiger partial charge in [0.05, 0.1) is 0 Å². The lowest BCUT2D eigenvalue weighted by Crippen LogP contribution is -2.43. The topological polar surface area (TPSA) is 82.3 Å². The summed E-state index contributed by atoms with van der Waals surface area (Å²) in [6.07, 6.45) is 5.38. The van der Waals surface area contributed by atoms with Gasteiger partial charge in [0, 0.05) is 56.7 Å². The third-order valence-electron chi connectivity index (χ3n) is 5.69. The fourth-order valence-electron chi connectivity index (χ4n) is 3.74. The summed E-state index contributed by atoms with van der Waals surface area (Å²) in [7, 11) is 2.19. The van der Waals surface area contributed by atoms with E-state index in [0.29, 0.717) is 18.4 Å². The van der Waals surface area contributed by atoms with Gasteiger partial charge in [0.2, 0.25) is 5.95 Å². The van der Waals surface area contributed by atoms with E-state index in [-0.39, 0.29) is 0 Å². The first-order chi connectivity index (χ1) is 14.2. The van der Waals surface area contributed by atoms with Crippen LogP contribution in [0.5, 0.6) is 0 Å². The molecule has 2 fully saturated rings. The zero-order chi connectivity index (χ0) is 20.1. The van der Waals surface area contributed by atoms with Crippen molar-refractivity contribution in [3.05, 3.63) is 41.6 Å². The highest BCUT2D eigenvalue weighted by molar-refractivity contribution is 5.58. The van der Waals surface area contributed by atoms with Gasteiger partial charge in [0.15, 0.2) is 0 Å². The van der Waals surface area contributed by atoms with Crippen LogP contribution in [0, 0.1) is 0 Å². The lowest BCUT2D eigenvalue weighted by atomic mass is 10.1. The highest BCUT2D eigenvalue weighted by Crippen LogP contribution is 2.42. The minimum atomic E-state index is 0.608. The van der Waals surface area contributed by atoms with Gasteiger partial charge in [-0.05, 0) is 56.5 Å². The summed E-state index contributed by atoms with van der Waals surface area (Å²) in [5.41, 5.74) is 9.21. The van der Waals surface area contributed by atoms with Gasteiger partial charge in [0.1, 0.15) is 5.82 Å². The normalized spacial score (nSPS) is 18.0. The molecule has 0 radical (unpaired) electrons. The molecule has 1 aromatic heterocycles. The second-order valence-corrected chi connectivity index (χ2v) is 8.25.